The molecule has 3 nitrogen and oxygen atoms in total. The molecule has 0 aliphatic heterocycles. The van der Waals surface area contributed by atoms with Crippen molar-refractivity contribution in [3.8, 4) is 0 Å². The van der Waals surface area contributed by atoms with Crippen molar-refractivity contribution in [1.82, 2.24) is 10.6 Å². The van der Waals surface area contributed by atoms with Gasteiger partial charge in [-0.25, -0.2) is 0 Å². The topological polar surface area (TPSA) is 27.3 Å². The lowest BCUT2D eigenvalue weighted by atomic mass is 10.2. The summed E-state index contributed by atoms with van der Waals surface area (Å²) in [5, 5.41) is 7.13. The lowest BCUT2D eigenvalue weighted by Gasteiger charge is -2.25. The van der Waals surface area contributed by atoms with E-state index >= 15 is 0 Å². The van der Waals surface area contributed by atoms with Gasteiger partial charge in [0.2, 0.25) is 0 Å². The molecule has 0 aliphatic carbocycles. The quantitative estimate of drug-likeness (QED) is 0.411. The number of nitrogens with one attached hydrogen (secondary N) is 2. The zero-order chi connectivity index (χ0) is 20.0. The van der Waals surface area contributed by atoms with Crippen molar-refractivity contribution < 1.29 is 0 Å². The van der Waals surface area contributed by atoms with Crippen molar-refractivity contribution in [3.05, 3.63) is 102 Å². The van der Waals surface area contributed by atoms with Crippen LogP contribution in [0.2, 0.25) is 0 Å². The van der Waals surface area contributed by atoms with E-state index in [-0.39, 0.29) is 0 Å². The van der Waals surface area contributed by atoms with Crippen LogP contribution in [0, 0.1) is 0 Å². The van der Waals surface area contributed by atoms with Gasteiger partial charge in [0.25, 0.3) is 0 Å². The van der Waals surface area contributed by atoms with Gasteiger partial charge in [0.1, 0.15) is 0 Å². The number of rotatable bonds is 13. The smallest absolute Gasteiger partial charge is 0.0366 e. The van der Waals surface area contributed by atoms with Crippen LogP contribution < -0.4 is 15.5 Å². The third-order valence-corrected chi connectivity index (χ3v) is 5.03. The van der Waals surface area contributed by atoms with E-state index < -0.39 is 0 Å². The van der Waals surface area contributed by atoms with E-state index in [1.165, 1.54) is 16.8 Å². The molecule has 0 spiro atoms. The van der Waals surface area contributed by atoms with Crippen LogP contribution in [0.15, 0.2) is 91.0 Å². The van der Waals surface area contributed by atoms with Gasteiger partial charge in [-0.1, -0.05) is 78.9 Å². The zero-order valence-corrected chi connectivity index (χ0v) is 17.3. The molecule has 0 unspecified atom stereocenters. The lowest BCUT2D eigenvalue weighted by molar-refractivity contribution is 0.603. The fraction of sp³-hybridized carbons (Fsp3) is 0.308. The van der Waals surface area contributed by atoms with Crippen LogP contribution in [-0.4, -0.2) is 26.2 Å². The Hall–Kier alpha value is -2.62. The second kappa shape index (κ2) is 12.8. The fourth-order valence-electron chi connectivity index (χ4n) is 3.46. The Balaban J connectivity index is 1.37. The number of hydrogen-bond donors (Lipinski definition) is 2. The summed E-state index contributed by atoms with van der Waals surface area (Å²) in [5.74, 6) is 0. The molecule has 0 atom stereocenters. The Morgan fingerprint density at radius 1 is 0.517 bits per heavy atom. The molecule has 0 aliphatic rings. The summed E-state index contributed by atoms with van der Waals surface area (Å²) in [5.41, 5.74) is 4.01. The maximum Gasteiger partial charge on any atom is 0.0366 e. The van der Waals surface area contributed by atoms with Crippen LogP contribution in [0.3, 0.4) is 0 Å². The number of hydrogen-bond acceptors (Lipinski definition) is 3. The van der Waals surface area contributed by atoms with Crippen molar-refractivity contribution in [2.24, 2.45) is 0 Å². The standard InChI is InChI=1S/C26H33N3/c1-4-12-24(13-5-1)22-27-18-10-20-29(26-16-8-3-9-17-26)21-11-19-28-23-25-14-6-2-7-15-25/h1-9,12-17,27-28H,10-11,18-23H2. The van der Waals surface area contributed by atoms with Gasteiger partial charge in [0.05, 0.1) is 0 Å². The van der Waals surface area contributed by atoms with Crippen molar-refractivity contribution in [2.75, 3.05) is 31.1 Å². The van der Waals surface area contributed by atoms with Crippen molar-refractivity contribution in [1.29, 1.82) is 0 Å². The molecule has 2 N–H and O–H groups in total. The van der Waals surface area contributed by atoms with Gasteiger partial charge in [-0.3, -0.25) is 0 Å². The van der Waals surface area contributed by atoms with Gasteiger partial charge < -0.3 is 15.5 Å². The van der Waals surface area contributed by atoms with Gasteiger partial charge in [0.15, 0.2) is 0 Å². The van der Waals surface area contributed by atoms with Crippen LogP contribution in [0.5, 0.6) is 0 Å². The molecule has 0 aromatic heterocycles. The highest BCUT2D eigenvalue weighted by Gasteiger charge is 2.05. The maximum absolute atomic E-state index is 3.56. The predicted octanol–water partition coefficient (Wildman–Crippen LogP) is 4.85. The highest BCUT2D eigenvalue weighted by atomic mass is 15.1. The minimum Gasteiger partial charge on any atom is -0.371 e. The Morgan fingerprint density at radius 3 is 1.38 bits per heavy atom. The molecule has 3 heteroatoms. The van der Waals surface area contributed by atoms with E-state index in [0.29, 0.717) is 0 Å². The number of benzene rings is 3. The summed E-state index contributed by atoms with van der Waals surface area (Å²) < 4.78 is 0. The maximum atomic E-state index is 3.56. The van der Waals surface area contributed by atoms with E-state index in [9.17, 15) is 0 Å². The number of anilines is 1. The fourth-order valence-corrected chi connectivity index (χ4v) is 3.46. The first kappa shape index (κ1) is 21.1. The largest absolute Gasteiger partial charge is 0.371 e. The molecule has 3 rings (SSSR count). The van der Waals surface area contributed by atoms with Gasteiger partial charge in [-0.2, -0.15) is 0 Å². The normalized spacial score (nSPS) is 10.8. The van der Waals surface area contributed by atoms with E-state index in [2.05, 4.69) is 107 Å². The average molecular weight is 388 g/mol. The Labute approximate surface area is 175 Å². The Morgan fingerprint density at radius 2 is 0.931 bits per heavy atom. The molecule has 29 heavy (non-hydrogen) atoms. The van der Waals surface area contributed by atoms with Crippen LogP contribution in [0.1, 0.15) is 24.0 Å². The van der Waals surface area contributed by atoms with Crippen LogP contribution in [0.25, 0.3) is 0 Å². The SMILES string of the molecule is c1ccc(CNCCCN(CCCNCc2ccccc2)c2ccccc2)cc1. The first-order chi connectivity index (χ1) is 14.4. The molecule has 0 amide bonds. The van der Waals surface area contributed by atoms with E-state index in [1.54, 1.807) is 0 Å². The van der Waals surface area contributed by atoms with Gasteiger partial charge >= 0.3 is 0 Å². The molecule has 152 valence electrons. The molecule has 0 radical (unpaired) electrons. The van der Waals surface area contributed by atoms with Crippen molar-refractivity contribution >= 4 is 5.69 Å². The molecule has 0 fully saturated rings. The van der Waals surface area contributed by atoms with Gasteiger partial charge in [-0.15, -0.1) is 0 Å². The lowest BCUT2D eigenvalue weighted by Crippen LogP contribution is -2.30. The zero-order valence-electron chi connectivity index (χ0n) is 17.3. The molecule has 0 saturated carbocycles. The highest BCUT2D eigenvalue weighted by molar-refractivity contribution is 5.45. The van der Waals surface area contributed by atoms with E-state index in [1.807, 2.05) is 0 Å². The van der Waals surface area contributed by atoms with Crippen molar-refractivity contribution in [2.45, 2.75) is 25.9 Å². The summed E-state index contributed by atoms with van der Waals surface area (Å²) in [6, 6.07) is 32.0. The third kappa shape index (κ3) is 8.10. The minimum absolute atomic E-state index is 0.940. The Bertz CT molecular complexity index is 725. The average Bonchev–Trinajstić information content (AvgIpc) is 2.79. The molecule has 3 aromatic carbocycles. The van der Waals surface area contributed by atoms with E-state index in [4.69, 9.17) is 0 Å². The third-order valence-electron chi connectivity index (χ3n) is 5.03. The second-order valence-corrected chi connectivity index (χ2v) is 7.35. The predicted molar refractivity (Wildman–Crippen MR) is 124 cm³/mol. The first-order valence-electron chi connectivity index (χ1n) is 10.7. The molecular formula is C26H33N3. The second-order valence-electron chi connectivity index (χ2n) is 7.35. The van der Waals surface area contributed by atoms with E-state index in [0.717, 1.165) is 52.1 Å². The molecular weight excluding hydrogens is 354 g/mol. The summed E-state index contributed by atoms with van der Waals surface area (Å²) in [7, 11) is 0. The van der Waals surface area contributed by atoms with Crippen LogP contribution in [0.4, 0.5) is 5.69 Å². The molecule has 0 saturated heterocycles. The number of para-hydroxylation sites is 1. The summed E-state index contributed by atoms with van der Waals surface area (Å²) in [4.78, 5) is 2.51. The first-order valence-corrected chi connectivity index (χ1v) is 10.7. The molecule has 3 aromatic rings. The Kier molecular flexibility index (Phi) is 9.29. The molecule has 0 bridgehead atoms. The summed E-state index contributed by atoms with van der Waals surface area (Å²) in [6.07, 6.45) is 2.28. The van der Waals surface area contributed by atoms with Gasteiger partial charge in [0, 0.05) is 31.9 Å². The summed E-state index contributed by atoms with van der Waals surface area (Å²) in [6.45, 7) is 6.09. The van der Waals surface area contributed by atoms with Gasteiger partial charge in [-0.05, 0) is 49.2 Å². The molecule has 0 heterocycles. The highest BCUT2D eigenvalue weighted by Crippen LogP contribution is 2.14. The minimum atomic E-state index is 0.940. The van der Waals surface area contributed by atoms with Crippen LogP contribution in [-0.2, 0) is 13.1 Å². The van der Waals surface area contributed by atoms with Crippen molar-refractivity contribution in [3.63, 3.8) is 0 Å². The van der Waals surface area contributed by atoms with Crippen LogP contribution >= 0.6 is 0 Å². The summed E-state index contributed by atoms with van der Waals surface area (Å²) >= 11 is 0. The number of nitrogens with zero attached hydrogens (tertiary/aromatic N) is 1. The monoisotopic (exact) mass is 387 g/mol.